The van der Waals surface area contributed by atoms with Crippen LogP contribution in [0.3, 0.4) is 0 Å². The van der Waals surface area contributed by atoms with E-state index in [1.54, 1.807) is 38.2 Å². The van der Waals surface area contributed by atoms with Crippen LogP contribution in [0.5, 0.6) is 0 Å². The molecule has 0 fully saturated rings. The first-order valence-electron chi connectivity index (χ1n) is 5.95. The van der Waals surface area contributed by atoms with Gasteiger partial charge in [-0.3, -0.25) is 4.98 Å². The number of carbonyl (C=O) groups excluding carboxylic acids is 2. The summed E-state index contributed by atoms with van der Waals surface area (Å²) < 4.78 is 9.60. The van der Waals surface area contributed by atoms with E-state index < -0.39 is 18.1 Å². The number of nitrogens with one attached hydrogen (secondary N) is 1. The lowest BCUT2D eigenvalue weighted by Gasteiger charge is -2.19. The number of nitrogens with zero attached hydrogens (tertiary/aromatic N) is 1. The summed E-state index contributed by atoms with van der Waals surface area (Å²) in [6, 6.07) is 4.60. The van der Waals surface area contributed by atoms with Gasteiger partial charge in [0, 0.05) is 6.20 Å². The number of hydrogen-bond donors (Lipinski definition) is 1. The summed E-state index contributed by atoms with van der Waals surface area (Å²) >= 11 is 0. The zero-order valence-electron chi connectivity index (χ0n) is 11.3. The zero-order valence-corrected chi connectivity index (χ0v) is 11.3. The molecule has 1 heterocycles. The molecule has 0 aliphatic carbocycles. The second-order valence-electron chi connectivity index (χ2n) is 4.29. The smallest absolute Gasteiger partial charge is 0.408 e. The molecule has 1 N–H and O–H groups in total. The van der Waals surface area contributed by atoms with E-state index in [4.69, 9.17) is 4.74 Å². The molecule has 1 aromatic rings. The number of rotatable bonds is 5. The van der Waals surface area contributed by atoms with Crippen LogP contribution in [0.4, 0.5) is 4.79 Å². The van der Waals surface area contributed by atoms with Crippen molar-refractivity contribution in [3.8, 4) is 0 Å². The van der Waals surface area contributed by atoms with E-state index in [-0.39, 0.29) is 12.5 Å². The van der Waals surface area contributed by atoms with Gasteiger partial charge < -0.3 is 14.8 Å². The first-order valence-corrected chi connectivity index (χ1v) is 5.95. The lowest BCUT2D eigenvalue weighted by Crippen LogP contribution is -2.45. The maximum absolute atomic E-state index is 11.6. The highest BCUT2D eigenvalue weighted by Crippen LogP contribution is 2.04. The molecule has 0 radical (unpaired) electrons. The first kappa shape index (κ1) is 14.9. The summed E-state index contributed by atoms with van der Waals surface area (Å²) in [4.78, 5) is 27.1. The van der Waals surface area contributed by atoms with Crippen LogP contribution in [-0.2, 0) is 20.9 Å². The first-order chi connectivity index (χ1) is 9.04. The van der Waals surface area contributed by atoms with Gasteiger partial charge in [-0.2, -0.15) is 0 Å². The van der Waals surface area contributed by atoms with Crippen LogP contribution in [0.25, 0.3) is 0 Å². The normalized spacial score (nSPS) is 11.8. The van der Waals surface area contributed by atoms with Crippen molar-refractivity contribution in [1.82, 2.24) is 10.3 Å². The summed E-state index contributed by atoms with van der Waals surface area (Å²) in [7, 11) is 1.28. The number of amides is 1. The van der Waals surface area contributed by atoms with Crippen LogP contribution < -0.4 is 5.32 Å². The van der Waals surface area contributed by atoms with Crippen molar-refractivity contribution in [2.75, 3.05) is 7.11 Å². The molecular formula is C13H18N2O4. The molecule has 1 amide bonds. The largest absolute Gasteiger partial charge is 0.467 e. The quantitative estimate of drug-likeness (QED) is 0.817. The van der Waals surface area contributed by atoms with E-state index in [1.165, 1.54) is 7.11 Å². The molecule has 0 aliphatic heterocycles. The van der Waals surface area contributed by atoms with Crippen molar-refractivity contribution in [3.63, 3.8) is 0 Å². The van der Waals surface area contributed by atoms with Crippen molar-refractivity contribution < 1.29 is 19.1 Å². The van der Waals surface area contributed by atoms with Crippen molar-refractivity contribution >= 4 is 12.1 Å². The van der Waals surface area contributed by atoms with Gasteiger partial charge in [-0.1, -0.05) is 19.9 Å². The van der Waals surface area contributed by atoms with E-state index in [2.05, 4.69) is 15.0 Å². The molecule has 6 heteroatoms. The SMILES string of the molecule is COC(=O)[C@@H](NC(=O)OCc1ccccn1)C(C)C. The third-order valence-corrected chi connectivity index (χ3v) is 2.47. The average molecular weight is 266 g/mol. The van der Waals surface area contributed by atoms with Gasteiger partial charge in [0.25, 0.3) is 0 Å². The lowest BCUT2D eigenvalue weighted by atomic mass is 10.1. The lowest BCUT2D eigenvalue weighted by molar-refractivity contribution is -0.144. The summed E-state index contributed by atoms with van der Waals surface area (Å²) in [6.45, 7) is 3.67. The molecule has 0 spiro atoms. The molecule has 104 valence electrons. The molecule has 6 nitrogen and oxygen atoms in total. The number of alkyl carbamates (subject to hydrolysis) is 1. The number of carbonyl (C=O) groups is 2. The van der Waals surface area contributed by atoms with E-state index >= 15 is 0 Å². The fraction of sp³-hybridized carbons (Fsp3) is 0.462. The molecule has 1 rings (SSSR count). The maximum Gasteiger partial charge on any atom is 0.408 e. The number of aromatic nitrogens is 1. The Kier molecular flexibility index (Phi) is 5.78. The molecule has 0 saturated carbocycles. The predicted octanol–water partition coefficient (Wildman–Crippen LogP) is 1.51. The number of ether oxygens (including phenoxy) is 2. The summed E-state index contributed by atoms with van der Waals surface area (Å²) in [6.07, 6.45) is 0.942. The highest BCUT2D eigenvalue weighted by molar-refractivity contribution is 5.81. The maximum atomic E-state index is 11.6. The molecule has 19 heavy (non-hydrogen) atoms. The van der Waals surface area contributed by atoms with Crippen LogP contribution in [0.1, 0.15) is 19.5 Å². The van der Waals surface area contributed by atoms with E-state index in [9.17, 15) is 9.59 Å². The molecule has 1 atom stereocenters. The Bertz CT molecular complexity index is 420. The minimum atomic E-state index is -0.721. The standard InChI is InChI=1S/C13H18N2O4/c1-9(2)11(12(16)18-3)15-13(17)19-8-10-6-4-5-7-14-10/h4-7,9,11H,8H2,1-3H3,(H,15,17)/t11-/m0/s1. The third-order valence-electron chi connectivity index (χ3n) is 2.47. The van der Waals surface area contributed by atoms with Gasteiger partial charge >= 0.3 is 12.1 Å². The van der Waals surface area contributed by atoms with Crippen LogP contribution in [-0.4, -0.2) is 30.2 Å². The highest BCUT2D eigenvalue weighted by Gasteiger charge is 2.25. The molecular weight excluding hydrogens is 248 g/mol. The Morgan fingerprint density at radius 1 is 1.37 bits per heavy atom. The van der Waals surface area contributed by atoms with Crippen LogP contribution in [0.2, 0.25) is 0 Å². The number of esters is 1. The Labute approximate surface area is 112 Å². The van der Waals surface area contributed by atoms with Crippen LogP contribution >= 0.6 is 0 Å². The topological polar surface area (TPSA) is 77.5 Å². The zero-order chi connectivity index (χ0) is 14.3. The van der Waals surface area contributed by atoms with Crippen molar-refractivity contribution in [2.24, 2.45) is 5.92 Å². The number of hydrogen-bond acceptors (Lipinski definition) is 5. The van der Waals surface area contributed by atoms with E-state index in [0.29, 0.717) is 5.69 Å². The van der Waals surface area contributed by atoms with Gasteiger partial charge in [0.15, 0.2) is 0 Å². The van der Waals surface area contributed by atoms with E-state index in [0.717, 1.165) is 0 Å². The van der Waals surface area contributed by atoms with Gasteiger partial charge in [-0.15, -0.1) is 0 Å². The van der Waals surface area contributed by atoms with Crippen molar-refractivity contribution in [1.29, 1.82) is 0 Å². The van der Waals surface area contributed by atoms with Gasteiger partial charge in [-0.25, -0.2) is 9.59 Å². The number of methoxy groups -OCH3 is 1. The molecule has 0 saturated heterocycles. The molecule has 0 aliphatic rings. The summed E-state index contributed by atoms with van der Waals surface area (Å²) in [5.41, 5.74) is 0.636. The second-order valence-corrected chi connectivity index (χ2v) is 4.29. The van der Waals surface area contributed by atoms with Gasteiger partial charge in [0.1, 0.15) is 12.6 Å². The van der Waals surface area contributed by atoms with Crippen molar-refractivity contribution in [3.05, 3.63) is 30.1 Å². The molecule has 1 aromatic heterocycles. The third kappa shape index (κ3) is 4.95. The van der Waals surface area contributed by atoms with Crippen LogP contribution in [0.15, 0.2) is 24.4 Å². The molecule has 0 bridgehead atoms. The van der Waals surface area contributed by atoms with Gasteiger partial charge in [0.2, 0.25) is 0 Å². The van der Waals surface area contributed by atoms with Gasteiger partial charge in [-0.05, 0) is 18.1 Å². The highest BCUT2D eigenvalue weighted by atomic mass is 16.6. The minimum absolute atomic E-state index is 0.0542. The van der Waals surface area contributed by atoms with E-state index in [1.807, 2.05) is 0 Å². The summed E-state index contributed by atoms with van der Waals surface area (Å²) in [5, 5.41) is 2.47. The monoisotopic (exact) mass is 266 g/mol. The van der Waals surface area contributed by atoms with Gasteiger partial charge in [0.05, 0.1) is 12.8 Å². The fourth-order valence-electron chi connectivity index (χ4n) is 1.42. The Morgan fingerprint density at radius 2 is 2.11 bits per heavy atom. The minimum Gasteiger partial charge on any atom is -0.467 e. The molecule has 0 aromatic carbocycles. The predicted molar refractivity (Wildman–Crippen MR) is 68.2 cm³/mol. The van der Waals surface area contributed by atoms with Crippen molar-refractivity contribution in [2.45, 2.75) is 26.5 Å². The Morgan fingerprint density at radius 3 is 2.63 bits per heavy atom. The second kappa shape index (κ2) is 7.35. The fourth-order valence-corrected chi connectivity index (χ4v) is 1.42. The summed E-state index contributed by atoms with van der Waals surface area (Å²) in [5.74, 6) is -0.584. The Balaban J connectivity index is 2.47. The number of pyridine rings is 1. The van der Waals surface area contributed by atoms with Crippen LogP contribution in [0, 0.1) is 5.92 Å². The average Bonchev–Trinajstić information content (AvgIpc) is 2.42. The molecule has 0 unspecified atom stereocenters. The Hall–Kier alpha value is -2.11.